The van der Waals surface area contributed by atoms with Gasteiger partial charge in [0.15, 0.2) is 0 Å². The molecule has 25 heavy (non-hydrogen) atoms. The number of hydrogen-bond acceptors (Lipinski definition) is 5. The van der Waals surface area contributed by atoms with Gasteiger partial charge in [0.2, 0.25) is 5.91 Å². The summed E-state index contributed by atoms with van der Waals surface area (Å²) < 4.78 is 10.7. The van der Waals surface area contributed by atoms with E-state index in [4.69, 9.17) is 9.47 Å². The van der Waals surface area contributed by atoms with E-state index in [2.05, 4.69) is 4.90 Å². The minimum absolute atomic E-state index is 0.145. The van der Waals surface area contributed by atoms with Crippen molar-refractivity contribution in [3.05, 3.63) is 35.9 Å². The van der Waals surface area contributed by atoms with E-state index >= 15 is 0 Å². The Bertz CT molecular complexity index is 572. The van der Waals surface area contributed by atoms with Crippen LogP contribution in [0.4, 0.5) is 0 Å². The number of morpholine rings is 1. The molecule has 1 aromatic rings. The lowest BCUT2D eigenvalue weighted by Crippen LogP contribution is -2.43. The van der Waals surface area contributed by atoms with Crippen LogP contribution in [0.2, 0.25) is 0 Å². The first-order chi connectivity index (χ1) is 12.2. The second-order valence-electron chi connectivity index (χ2n) is 6.53. The Labute approximate surface area is 148 Å². The SMILES string of the molecule is O=C(OCc1ccccc1)[C@H]1CCCN1CCC(=O)N1CCOCC1. The van der Waals surface area contributed by atoms with E-state index in [1.165, 1.54) is 0 Å². The summed E-state index contributed by atoms with van der Waals surface area (Å²) in [6, 6.07) is 9.47. The molecule has 6 nitrogen and oxygen atoms in total. The Morgan fingerprint density at radius 1 is 1.12 bits per heavy atom. The first-order valence-corrected chi connectivity index (χ1v) is 9.04. The zero-order valence-electron chi connectivity index (χ0n) is 14.6. The Balaban J connectivity index is 1.44. The third kappa shape index (κ3) is 5.03. The molecule has 136 valence electrons. The topological polar surface area (TPSA) is 59.1 Å². The molecule has 1 atom stereocenters. The Morgan fingerprint density at radius 3 is 2.64 bits per heavy atom. The van der Waals surface area contributed by atoms with Crippen LogP contribution >= 0.6 is 0 Å². The van der Waals surface area contributed by atoms with Crippen molar-refractivity contribution in [1.29, 1.82) is 0 Å². The quantitative estimate of drug-likeness (QED) is 0.730. The number of benzene rings is 1. The molecule has 1 amide bonds. The molecule has 2 aliphatic rings. The van der Waals surface area contributed by atoms with Gasteiger partial charge in [-0.2, -0.15) is 0 Å². The predicted octanol–water partition coefficient (Wildman–Crippen LogP) is 1.44. The van der Waals surface area contributed by atoms with Crippen LogP contribution in [0.5, 0.6) is 0 Å². The van der Waals surface area contributed by atoms with Crippen LogP contribution in [-0.4, -0.2) is 67.1 Å². The summed E-state index contributed by atoms with van der Waals surface area (Å²) >= 11 is 0. The first-order valence-electron chi connectivity index (χ1n) is 9.04. The third-order valence-corrected chi connectivity index (χ3v) is 4.84. The summed E-state index contributed by atoms with van der Waals surface area (Å²) in [5.41, 5.74) is 0.989. The lowest BCUT2D eigenvalue weighted by Gasteiger charge is -2.28. The highest BCUT2D eigenvalue weighted by atomic mass is 16.5. The summed E-state index contributed by atoms with van der Waals surface area (Å²) in [4.78, 5) is 28.6. The van der Waals surface area contributed by atoms with Crippen LogP contribution in [0.3, 0.4) is 0 Å². The van der Waals surface area contributed by atoms with Crippen LogP contribution in [0, 0.1) is 0 Å². The number of likely N-dealkylation sites (tertiary alicyclic amines) is 1. The van der Waals surface area contributed by atoms with Crippen LogP contribution in [0.1, 0.15) is 24.8 Å². The Kier molecular flexibility index (Phi) is 6.42. The van der Waals surface area contributed by atoms with Gasteiger partial charge in [-0.05, 0) is 24.9 Å². The molecule has 3 rings (SSSR count). The lowest BCUT2D eigenvalue weighted by molar-refractivity contribution is -0.150. The van der Waals surface area contributed by atoms with Crippen molar-refractivity contribution in [2.45, 2.75) is 31.9 Å². The summed E-state index contributed by atoms with van der Waals surface area (Å²) in [5.74, 6) is -0.0354. The van der Waals surface area contributed by atoms with Gasteiger partial charge in [-0.3, -0.25) is 14.5 Å². The van der Waals surface area contributed by atoms with Crippen molar-refractivity contribution >= 4 is 11.9 Å². The standard InChI is InChI=1S/C19H26N2O4/c22-18(21-11-13-24-14-12-21)8-10-20-9-4-7-17(20)19(23)25-15-16-5-2-1-3-6-16/h1-3,5-6,17H,4,7-15H2/t17-/m1/s1. The first kappa shape index (κ1) is 17.9. The fourth-order valence-electron chi connectivity index (χ4n) is 3.40. The maximum absolute atomic E-state index is 12.4. The molecule has 1 aromatic carbocycles. The number of carbonyl (C=O) groups is 2. The number of carbonyl (C=O) groups excluding carboxylic acids is 2. The van der Waals surface area contributed by atoms with Crippen molar-refractivity contribution < 1.29 is 19.1 Å². The maximum atomic E-state index is 12.4. The second kappa shape index (κ2) is 8.97. The summed E-state index contributed by atoms with van der Waals surface area (Å²) in [6.45, 7) is 4.33. The van der Waals surface area contributed by atoms with E-state index in [-0.39, 0.29) is 17.9 Å². The van der Waals surface area contributed by atoms with Gasteiger partial charge in [-0.15, -0.1) is 0 Å². The minimum Gasteiger partial charge on any atom is -0.460 e. The van der Waals surface area contributed by atoms with Crippen molar-refractivity contribution in [3.8, 4) is 0 Å². The average Bonchev–Trinajstić information content (AvgIpc) is 3.14. The van der Waals surface area contributed by atoms with Crippen molar-refractivity contribution in [1.82, 2.24) is 9.80 Å². The Hall–Kier alpha value is -1.92. The number of amides is 1. The Morgan fingerprint density at radius 2 is 1.88 bits per heavy atom. The lowest BCUT2D eigenvalue weighted by atomic mass is 10.2. The van der Waals surface area contributed by atoms with Gasteiger partial charge >= 0.3 is 5.97 Å². The molecule has 2 saturated heterocycles. The maximum Gasteiger partial charge on any atom is 0.323 e. The van der Waals surface area contributed by atoms with Gasteiger partial charge in [0.05, 0.1) is 13.2 Å². The van der Waals surface area contributed by atoms with Gasteiger partial charge in [-0.1, -0.05) is 30.3 Å². The van der Waals surface area contributed by atoms with Crippen LogP contribution < -0.4 is 0 Å². The van der Waals surface area contributed by atoms with Crippen LogP contribution in [0.15, 0.2) is 30.3 Å². The van der Waals surface area contributed by atoms with Gasteiger partial charge < -0.3 is 14.4 Å². The highest BCUT2D eigenvalue weighted by Crippen LogP contribution is 2.19. The molecule has 2 aliphatic heterocycles. The van der Waals surface area contributed by atoms with E-state index < -0.39 is 0 Å². The molecule has 0 aromatic heterocycles. The molecular formula is C19H26N2O4. The smallest absolute Gasteiger partial charge is 0.323 e. The molecule has 0 saturated carbocycles. The minimum atomic E-state index is -0.221. The van der Waals surface area contributed by atoms with Gasteiger partial charge in [0, 0.05) is 26.1 Å². The van der Waals surface area contributed by atoms with Crippen LogP contribution in [-0.2, 0) is 25.7 Å². The fourth-order valence-corrected chi connectivity index (χ4v) is 3.40. The van der Waals surface area contributed by atoms with Crippen LogP contribution in [0.25, 0.3) is 0 Å². The number of esters is 1. The molecule has 0 unspecified atom stereocenters. The molecule has 0 N–H and O–H groups in total. The monoisotopic (exact) mass is 346 g/mol. The van der Waals surface area contributed by atoms with E-state index in [0.717, 1.165) is 24.9 Å². The van der Waals surface area contributed by atoms with E-state index in [1.54, 1.807) is 0 Å². The van der Waals surface area contributed by atoms with E-state index in [0.29, 0.717) is 45.9 Å². The molecule has 0 radical (unpaired) electrons. The zero-order valence-corrected chi connectivity index (χ0v) is 14.6. The second-order valence-corrected chi connectivity index (χ2v) is 6.53. The van der Waals surface area contributed by atoms with Crippen molar-refractivity contribution in [2.24, 2.45) is 0 Å². The number of nitrogens with zero attached hydrogens (tertiary/aromatic N) is 2. The van der Waals surface area contributed by atoms with Crippen molar-refractivity contribution in [3.63, 3.8) is 0 Å². The molecule has 6 heteroatoms. The molecule has 2 fully saturated rings. The average molecular weight is 346 g/mol. The number of hydrogen-bond donors (Lipinski definition) is 0. The predicted molar refractivity (Wildman–Crippen MR) is 92.8 cm³/mol. The van der Waals surface area contributed by atoms with Gasteiger partial charge in [0.25, 0.3) is 0 Å². The summed E-state index contributed by atoms with van der Waals surface area (Å²) in [6.07, 6.45) is 2.22. The largest absolute Gasteiger partial charge is 0.460 e. The third-order valence-electron chi connectivity index (χ3n) is 4.84. The zero-order chi connectivity index (χ0) is 17.5. The normalized spacial score (nSPS) is 21.3. The molecular weight excluding hydrogens is 320 g/mol. The number of ether oxygens (including phenoxy) is 2. The molecule has 0 aliphatic carbocycles. The van der Waals surface area contributed by atoms with Gasteiger partial charge in [-0.25, -0.2) is 0 Å². The summed E-state index contributed by atoms with van der Waals surface area (Å²) in [7, 11) is 0. The fraction of sp³-hybridized carbons (Fsp3) is 0.579. The highest BCUT2D eigenvalue weighted by Gasteiger charge is 2.32. The molecule has 2 heterocycles. The molecule has 0 spiro atoms. The van der Waals surface area contributed by atoms with E-state index in [1.807, 2.05) is 35.2 Å². The van der Waals surface area contributed by atoms with Crippen molar-refractivity contribution in [2.75, 3.05) is 39.4 Å². The number of rotatable bonds is 6. The molecule has 0 bridgehead atoms. The summed E-state index contributed by atoms with van der Waals surface area (Å²) in [5, 5.41) is 0. The van der Waals surface area contributed by atoms with Gasteiger partial charge in [0.1, 0.15) is 12.6 Å². The highest BCUT2D eigenvalue weighted by molar-refractivity contribution is 5.77. The van der Waals surface area contributed by atoms with E-state index in [9.17, 15) is 9.59 Å².